The van der Waals surface area contributed by atoms with Crippen molar-refractivity contribution in [2.75, 3.05) is 18.0 Å². The molecule has 2 unspecified atom stereocenters. The summed E-state index contributed by atoms with van der Waals surface area (Å²) in [7, 11) is 0. The molecule has 0 radical (unpaired) electrons. The van der Waals surface area contributed by atoms with Gasteiger partial charge in [0.05, 0.1) is 22.8 Å². The van der Waals surface area contributed by atoms with Gasteiger partial charge in [0.15, 0.2) is 0 Å². The van der Waals surface area contributed by atoms with E-state index < -0.39 is 17.5 Å². The highest BCUT2D eigenvalue weighted by atomic mass is 32.1. The molecule has 5 saturated carbocycles. The van der Waals surface area contributed by atoms with Crippen LogP contribution in [0.3, 0.4) is 0 Å². The fourth-order valence-corrected chi connectivity index (χ4v) is 8.53. The molecule has 2 heterocycles. The lowest BCUT2D eigenvalue weighted by molar-refractivity contribution is -0.141. The highest BCUT2D eigenvalue weighted by Crippen LogP contribution is 2.55. The molecule has 3 atom stereocenters. The lowest BCUT2D eigenvalue weighted by Gasteiger charge is -2.58. The third kappa shape index (κ3) is 4.35. The number of nitrogens with zero attached hydrogens (tertiary/aromatic N) is 2. The molecule has 190 valence electrons. The Balaban J connectivity index is 1.28. The van der Waals surface area contributed by atoms with E-state index in [1.54, 1.807) is 0 Å². The van der Waals surface area contributed by atoms with E-state index in [4.69, 9.17) is 17.6 Å². The topological polar surface area (TPSA) is 103 Å². The van der Waals surface area contributed by atoms with E-state index in [0.29, 0.717) is 53.5 Å². The third-order valence-corrected chi connectivity index (χ3v) is 9.95. The molecule has 1 aromatic heterocycles. The maximum atomic E-state index is 13.8. The molecule has 6 aliphatic rings. The molecule has 7 nitrogen and oxygen atoms in total. The van der Waals surface area contributed by atoms with Gasteiger partial charge in [-0.15, -0.1) is 12.6 Å². The number of amides is 1. The molecule has 7 rings (SSSR count). The van der Waals surface area contributed by atoms with Crippen molar-refractivity contribution in [3.05, 3.63) is 17.3 Å². The van der Waals surface area contributed by atoms with Crippen LogP contribution in [0.4, 0.5) is 5.82 Å². The van der Waals surface area contributed by atoms with Crippen molar-refractivity contribution < 1.29 is 19.8 Å². The van der Waals surface area contributed by atoms with Crippen LogP contribution in [-0.4, -0.2) is 51.8 Å². The average Bonchev–Trinajstić information content (AvgIpc) is 3.31. The van der Waals surface area contributed by atoms with Gasteiger partial charge in [-0.25, -0.2) is 4.98 Å². The Bertz CT molecular complexity index is 1010. The quantitative estimate of drug-likeness (QED) is 0.457. The summed E-state index contributed by atoms with van der Waals surface area (Å²) >= 11 is 4.72. The van der Waals surface area contributed by atoms with Crippen LogP contribution >= 0.6 is 12.6 Å². The zero-order chi connectivity index (χ0) is 24.3. The Kier molecular flexibility index (Phi) is 6.03. The molecule has 4 bridgehead atoms. The van der Waals surface area contributed by atoms with Gasteiger partial charge in [0.1, 0.15) is 5.82 Å². The number of hydrogen-bond acceptors (Lipinski definition) is 6. The number of carbonyl (C=O) groups excluding carboxylic acids is 1. The second-order valence-electron chi connectivity index (χ2n) is 12.1. The molecule has 8 heteroatoms. The number of thiol groups is 1. The fraction of sp³-hybridized carbons (Fsp3) is 0.741. The van der Waals surface area contributed by atoms with Gasteiger partial charge < -0.3 is 20.4 Å². The summed E-state index contributed by atoms with van der Waals surface area (Å²) in [6.45, 7) is 1.07. The monoisotopic (exact) mass is 499 g/mol. The number of aliphatic carboxylic acids is 1. The number of hydrogen-bond donors (Lipinski definition) is 4. The largest absolute Gasteiger partial charge is 0.481 e. The molecule has 5 aliphatic carbocycles. The average molecular weight is 500 g/mol. The maximum Gasteiger partial charge on any atom is 0.308 e. The highest BCUT2D eigenvalue weighted by molar-refractivity contribution is 7.80. The lowest BCUT2D eigenvalue weighted by Crippen LogP contribution is -2.61. The zero-order valence-corrected chi connectivity index (χ0v) is 21.2. The number of rotatable bonds is 5. The van der Waals surface area contributed by atoms with E-state index in [1.165, 1.54) is 6.42 Å². The van der Waals surface area contributed by atoms with Crippen LogP contribution in [0, 0.1) is 23.7 Å². The highest BCUT2D eigenvalue weighted by Gasteiger charge is 2.55. The van der Waals surface area contributed by atoms with Crippen LogP contribution in [0.25, 0.3) is 0 Å². The number of pyridine rings is 1. The predicted octanol–water partition coefficient (Wildman–Crippen LogP) is 4.00. The molecule has 3 N–H and O–H groups in total. The Labute approximate surface area is 212 Å². The summed E-state index contributed by atoms with van der Waals surface area (Å²) in [4.78, 5) is 33.0. The minimum Gasteiger partial charge on any atom is -0.481 e. The first kappa shape index (κ1) is 23.6. The van der Waals surface area contributed by atoms with Gasteiger partial charge in [-0.05, 0) is 75.2 Å². The van der Waals surface area contributed by atoms with Gasteiger partial charge in [-0.1, -0.05) is 19.3 Å². The molecule has 1 aliphatic heterocycles. The number of nitrogens with one attached hydrogen (secondary N) is 1. The summed E-state index contributed by atoms with van der Waals surface area (Å²) in [6, 6.07) is 2.00. The van der Waals surface area contributed by atoms with Gasteiger partial charge in [0.2, 0.25) is 0 Å². The molecule has 1 saturated heterocycles. The number of aromatic nitrogens is 1. The number of carboxylic acids is 1. The number of carboxylic acid groups (broad SMARTS) is 1. The van der Waals surface area contributed by atoms with E-state index >= 15 is 0 Å². The van der Waals surface area contributed by atoms with E-state index in [-0.39, 0.29) is 17.9 Å². The zero-order valence-electron chi connectivity index (χ0n) is 20.3. The van der Waals surface area contributed by atoms with Crippen molar-refractivity contribution in [2.45, 2.75) is 93.1 Å². The van der Waals surface area contributed by atoms with Crippen LogP contribution in [0.15, 0.2) is 11.0 Å². The number of anilines is 1. The minimum atomic E-state index is -0.767. The van der Waals surface area contributed by atoms with Crippen LogP contribution in [0.1, 0.15) is 92.6 Å². The summed E-state index contributed by atoms with van der Waals surface area (Å²) in [5.41, 5.74) is 0.971. The van der Waals surface area contributed by atoms with Crippen LogP contribution in [-0.2, 0) is 4.79 Å². The van der Waals surface area contributed by atoms with Crippen molar-refractivity contribution >= 4 is 30.3 Å². The van der Waals surface area contributed by atoms with Gasteiger partial charge in [0, 0.05) is 29.9 Å². The molecule has 35 heavy (non-hydrogen) atoms. The number of carbonyl (C=O) groups is 2. The van der Waals surface area contributed by atoms with Gasteiger partial charge >= 0.3 is 5.97 Å². The Hall–Kier alpha value is -1.80. The number of aliphatic hydroxyl groups is 1. The first-order chi connectivity index (χ1) is 16.8. The van der Waals surface area contributed by atoms with E-state index in [1.807, 2.05) is 11.0 Å². The minimum absolute atomic E-state index is 0.0609. The lowest BCUT2D eigenvalue weighted by atomic mass is 9.52. The van der Waals surface area contributed by atoms with Crippen molar-refractivity contribution in [3.63, 3.8) is 0 Å². The Morgan fingerprint density at radius 2 is 1.80 bits per heavy atom. The van der Waals surface area contributed by atoms with Crippen molar-refractivity contribution in [1.82, 2.24) is 10.3 Å². The second-order valence-corrected chi connectivity index (χ2v) is 12.5. The van der Waals surface area contributed by atoms with E-state index in [2.05, 4.69) is 5.32 Å². The van der Waals surface area contributed by atoms with Gasteiger partial charge in [-0.3, -0.25) is 9.59 Å². The van der Waals surface area contributed by atoms with Crippen LogP contribution < -0.4 is 10.2 Å². The molecule has 0 spiro atoms. The molecule has 0 aromatic carbocycles. The first-order valence-corrected chi connectivity index (χ1v) is 14.0. The van der Waals surface area contributed by atoms with Gasteiger partial charge in [-0.2, -0.15) is 0 Å². The summed E-state index contributed by atoms with van der Waals surface area (Å²) in [5.74, 6) is 1.05. The predicted molar refractivity (Wildman–Crippen MR) is 135 cm³/mol. The molecule has 6 fully saturated rings. The van der Waals surface area contributed by atoms with Crippen molar-refractivity contribution in [2.24, 2.45) is 23.7 Å². The Morgan fingerprint density at radius 3 is 2.43 bits per heavy atom. The molecular weight excluding hydrogens is 462 g/mol. The Morgan fingerprint density at radius 1 is 1.09 bits per heavy atom. The molecule has 1 aromatic rings. The fourth-order valence-electron chi connectivity index (χ4n) is 8.21. The molecule has 1 amide bonds. The maximum absolute atomic E-state index is 13.8. The SMILES string of the molecule is O=C(NC1C2CC3CC1CC(O)(C3)C2)c1cc(S)c(N2CC[C@@H](C(=O)O)C2)nc1C1CCCCC1. The standard InChI is InChI=1S/C27H37N3O4S/c31-25(29-22-18-8-15-9-19(22)13-27(34,11-15)12-18)20-10-21(35)24(30-7-6-17(14-30)26(32)33)28-23(20)16-4-2-1-3-5-16/h10,15-19,22,34-35H,1-9,11-14H2,(H,29,31)(H,32,33)/t15?,17-,18?,19?,22?,27?/m1/s1. The van der Waals surface area contributed by atoms with Crippen LogP contribution in [0.2, 0.25) is 0 Å². The van der Waals surface area contributed by atoms with Crippen molar-refractivity contribution in [1.29, 1.82) is 0 Å². The second kappa shape index (κ2) is 8.94. The summed E-state index contributed by atoms with van der Waals surface area (Å²) < 4.78 is 0. The normalized spacial score (nSPS) is 36.5. The van der Waals surface area contributed by atoms with Crippen LogP contribution in [0.5, 0.6) is 0 Å². The smallest absolute Gasteiger partial charge is 0.308 e. The molecular formula is C27H37N3O4S. The summed E-state index contributed by atoms with van der Waals surface area (Å²) in [5, 5.41) is 23.8. The summed E-state index contributed by atoms with van der Waals surface area (Å²) in [6.07, 6.45) is 10.9. The van der Waals surface area contributed by atoms with E-state index in [0.717, 1.165) is 63.5 Å². The van der Waals surface area contributed by atoms with Crippen molar-refractivity contribution in [3.8, 4) is 0 Å². The van der Waals surface area contributed by atoms with Gasteiger partial charge in [0.25, 0.3) is 5.91 Å². The third-order valence-electron chi connectivity index (χ3n) is 9.62. The van der Waals surface area contributed by atoms with E-state index in [9.17, 15) is 19.8 Å². The first-order valence-electron chi connectivity index (χ1n) is 13.5.